The molecule has 1 aromatic rings. The van der Waals surface area contributed by atoms with Crippen molar-refractivity contribution in [3.8, 4) is 0 Å². The van der Waals surface area contributed by atoms with Gasteiger partial charge >= 0.3 is 0 Å². The largest absolute Gasteiger partial charge is 0.399 e. The third-order valence-electron chi connectivity index (χ3n) is 2.54. The maximum Gasteiger partial charge on any atom is 0.0577 e. The van der Waals surface area contributed by atoms with E-state index in [1.54, 1.807) is 6.07 Å². The normalized spacial score (nSPS) is 16.6. The second kappa shape index (κ2) is 3.17. The third kappa shape index (κ3) is 1.69. The standard InChI is InChI=1S/C10H15N3/c11-7-4-5-10(9(12)6-7)13-8-2-1-3-8/h4-6,8,13H,1-3,11-12H2. The molecule has 5 N–H and O–H groups in total. The van der Waals surface area contributed by atoms with Crippen LogP contribution in [0.4, 0.5) is 17.1 Å². The summed E-state index contributed by atoms with van der Waals surface area (Å²) in [5.74, 6) is 0. The first-order chi connectivity index (χ1) is 6.25. The predicted molar refractivity (Wildman–Crippen MR) is 56.5 cm³/mol. The van der Waals surface area contributed by atoms with E-state index in [-0.39, 0.29) is 0 Å². The first-order valence-corrected chi connectivity index (χ1v) is 4.67. The van der Waals surface area contributed by atoms with Gasteiger partial charge in [0.25, 0.3) is 0 Å². The van der Waals surface area contributed by atoms with Gasteiger partial charge in [0.1, 0.15) is 0 Å². The SMILES string of the molecule is Nc1ccc(NC2CCC2)c(N)c1. The van der Waals surface area contributed by atoms with Crippen molar-refractivity contribution in [2.75, 3.05) is 16.8 Å². The van der Waals surface area contributed by atoms with Gasteiger partial charge in [-0.25, -0.2) is 0 Å². The second-order valence-electron chi connectivity index (χ2n) is 3.62. The molecule has 0 atom stereocenters. The molecule has 1 saturated carbocycles. The Labute approximate surface area is 78.1 Å². The van der Waals surface area contributed by atoms with Gasteiger partial charge in [0.05, 0.1) is 11.4 Å². The summed E-state index contributed by atoms with van der Waals surface area (Å²) in [7, 11) is 0. The van der Waals surface area contributed by atoms with Crippen LogP contribution in [-0.2, 0) is 0 Å². The van der Waals surface area contributed by atoms with Gasteiger partial charge in [-0.15, -0.1) is 0 Å². The average Bonchev–Trinajstić information content (AvgIpc) is 1.99. The van der Waals surface area contributed by atoms with Crippen molar-refractivity contribution in [3.63, 3.8) is 0 Å². The molecule has 1 aliphatic carbocycles. The van der Waals surface area contributed by atoms with Gasteiger partial charge in [-0.2, -0.15) is 0 Å². The van der Waals surface area contributed by atoms with Crippen LogP contribution in [0.1, 0.15) is 19.3 Å². The summed E-state index contributed by atoms with van der Waals surface area (Å²) in [6.45, 7) is 0. The smallest absolute Gasteiger partial charge is 0.0577 e. The van der Waals surface area contributed by atoms with Crippen molar-refractivity contribution in [3.05, 3.63) is 18.2 Å². The zero-order valence-corrected chi connectivity index (χ0v) is 7.59. The number of nitrogen functional groups attached to an aromatic ring is 2. The lowest BCUT2D eigenvalue weighted by molar-refractivity contribution is 0.446. The summed E-state index contributed by atoms with van der Waals surface area (Å²) in [6, 6.07) is 6.23. The van der Waals surface area contributed by atoms with Gasteiger partial charge in [0.15, 0.2) is 0 Å². The van der Waals surface area contributed by atoms with E-state index in [0.29, 0.717) is 6.04 Å². The van der Waals surface area contributed by atoms with Crippen LogP contribution in [0.3, 0.4) is 0 Å². The highest BCUT2D eigenvalue weighted by atomic mass is 14.9. The van der Waals surface area contributed by atoms with Crippen LogP contribution in [0, 0.1) is 0 Å². The second-order valence-corrected chi connectivity index (χ2v) is 3.62. The fourth-order valence-corrected chi connectivity index (χ4v) is 1.49. The van der Waals surface area contributed by atoms with Gasteiger partial charge in [0, 0.05) is 11.7 Å². The highest BCUT2D eigenvalue weighted by Crippen LogP contribution is 2.27. The minimum atomic E-state index is 0.617. The number of nitrogens with one attached hydrogen (secondary N) is 1. The molecule has 0 radical (unpaired) electrons. The highest BCUT2D eigenvalue weighted by molar-refractivity contribution is 5.70. The average molecular weight is 177 g/mol. The quantitative estimate of drug-likeness (QED) is 0.604. The summed E-state index contributed by atoms with van der Waals surface area (Å²) < 4.78 is 0. The van der Waals surface area contributed by atoms with Crippen molar-refractivity contribution in [2.45, 2.75) is 25.3 Å². The van der Waals surface area contributed by atoms with Crippen LogP contribution in [0.5, 0.6) is 0 Å². The minimum absolute atomic E-state index is 0.617. The lowest BCUT2D eigenvalue weighted by Crippen LogP contribution is -2.27. The molecular formula is C10H15N3. The molecule has 0 saturated heterocycles. The van der Waals surface area contributed by atoms with Crippen molar-refractivity contribution >= 4 is 17.1 Å². The molecular weight excluding hydrogens is 162 g/mol. The fourth-order valence-electron chi connectivity index (χ4n) is 1.49. The number of rotatable bonds is 2. The molecule has 1 aliphatic rings. The zero-order valence-electron chi connectivity index (χ0n) is 7.59. The molecule has 2 rings (SSSR count). The van der Waals surface area contributed by atoms with E-state index in [0.717, 1.165) is 17.1 Å². The lowest BCUT2D eigenvalue weighted by atomic mass is 9.93. The maximum absolute atomic E-state index is 5.81. The molecule has 0 heterocycles. The Bertz CT molecular complexity index is 305. The molecule has 3 nitrogen and oxygen atoms in total. The lowest BCUT2D eigenvalue weighted by Gasteiger charge is -2.28. The molecule has 13 heavy (non-hydrogen) atoms. The van der Waals surface area contributed by atoms with Crippen molar-refractivity contribution in [2.24, 2.45) is 0 Å². The Hall–Kier alpha value is -1.38. The summed E-state index contributed by atoms with van der Waals surface area (Å²) in [5.41, 5.74) is 13.9. The number of nitrogens with two attached hydrogens (primary N) is 2. The number of hydrogen-bond acceptors (Lipinski definition) is 3. The van der Waals surface area contributed by atoms with Crippen molar-refractivity contribution in [1.82, 2.24) is 0 Å². The maximum atomic E-state index is 5.81. The molecule has 0 aliphatic heterocycles. The molecule has 1 fully saturated rings. The monoisotopic (exact) mass is 177 g/mol. The summed E-state index contributed by atoms with van der Waals surface area (Å²) >= 11 is 0. The summed E-state index contributed by atoms with van der Waals surface area (Å²) in [4.78, 5) is 0. The van der Waals surface area contributed by atoms with Crippen LogP contribution in [0.2, 0.25) is 0 Å². The highest BCUT2D eigenvalue weighted by Gasteiger charge is 2.17. The van der Waals surface area contributed by atoms with E-state index < -0.39 is 0 Å². The topological polar surface area (TPSA) is 64.1 Å². The minimum Gasteiger partial charge on any atom is -0.399 e. The van der Waals surface area contributed by atoms with Crippen molar-refractivity contribution in [1.29, 1.82) is 0 Å². The van der Waals surface area contributed by atoms with Gasteiger partial charge in [-0.3, -0.25) is 0 Å². The number of benzene rings is 1. The Kier molecular flexibility index (Phi) is 2.00. The number of hydrogen-bond donors (Lipinski definition) is 3. The van der Waals surface area contributed by atoms with Gasteiger partial charge in [0.2, 0.25) is 0 Å². The fraction of sp³-hybridized carbons (Fsp3) is 0.400. The molecule has 0 spiro atoms. The van der Waals surface area contributed by atoms with E-state index >= 15 is 0 Å². The Balaban J connectivity index is 2.10. The predicted octanol–water partition coefficient (Wildman–Crippen LogP) is 1.82. The Morgan fingerprint density at radius 1 is 1.23 bits per heavy atom. The van der Waals surface area contributed by atoms with Gasteiger partial charge in [-0.05, 0) is 37.5 Å². The molecule has 70 valence electrons. The van der Waals surface area contributed by atoms with Crippen LogP contribution >= 0.6 is 0 Å². The first kappa shape index (κ1) is 8.23. The Morgan fingerprint density at radius 2 is 2.00 bits per heavy atom. The van der Waals surface area contributed by atoms with Crippen LogP contribution in [0.15, 0.2) is 18.2 Å². The molecule has 0 bridgehead atoms. The van der Waals surface area contributed by atoms with E-state index in [2.05, 4.69) is 5.32 Å². The van der Waals surface area contributed by atoms with Gasteiger partial charge < -0.3 is 16.8 Å². The molecule has 0 aromatic heterocycles. The molecule has 3 heteroatoms. The number of anilines is 3. The van der Waals surface area contributed by atoms with E-state index in [1.165, 1.54) is 19.3 Å². The van der Waals surface area contributed by atoms with Crippen LogP contribution in [-0.4, -0.2) is 6.04 Å². The summed E-state index contributed by atoms with van der Waals surface area (Å²) in [5, 5.41) is 3.39. The van der Waals surface area contributed by atoms with Gasteiger partial charge in [-0.1, -0.05) is 0 Å². The third-order valence-corrected chi connectivity index (χ3v) is 2.54. The summed E-state index contributed by atoms with van der Waals surface area (Å²) in [6.07, 6.45) is 3.83. The van der Waals surface area contributed by atoms with Crippen LogP contribution < -0.4 is 16.8 Å². The molecule has 0 amide bonds. The molecule has 1 aromatic carbocycles. The van der Waals surface area contributed by atoms with E-state index in [1.807, 2.05) is 12.1 Å². The molecule has 0 unspecified atom stereocenters. The zero-order chi connectivity index (χ0) is 9.26. The first-order valence-electron chi connectivity index (χ1n) is 4.67. The van der Waals surface area contributed by atoms with E-state index in [4.69, 9.17) is 11.5 Å². The van der Waals surface area contributed by atoms with Crippen molar-refractivity contribution < 1.29 is 0 Å². The van der Waals surface area contributed by atoms with E-state index in [9.17, 15) is 0 Å². The van der Waals surface area contributed by atoms with Crippen LogP contribution in [0.25, 0.3) is 0 Å². The Morgan fingerprint density at radius 3 is 2.54 bits per heavy atom.